The van der Waals surface area contributed by atoms with Crippen molar-refractivity contribution >= 4 is 11.6 Å². The first-order chi connectivity index (χ1) is 11.1. The maximum Gasteiger partial charge on any atom is 0.138 e. The lowest BCUT2D eigenvalue weighted by Gasteiger charge is -2.22. The third kappa shape index (κ3) is 2.31. The van der Waals surface area contributed by atoms with Gasteiger partial charge in [-0.2, -0.15) is 0 Å². The molecule has 2 aromatic rings. The van der Waals surface area contributed by atoms with E-state index in [0.717, 1.165) is 11.3 Å². The van der Waals surface area contributed by atoms with E-state index in [1.54, 1.807) is 18.6 Å². The molecule has 1 aliphatic carbocycles. The molecule has 1 aromatic heterocycles. The summed E-state index contributed by atoms with van der Waals surface area (Å²) in [5.74, 6) is 0.0137. The van der Waals surface area contributed by atoms with Crippen LogP contribution in [0.3, 0.4) is 0 Å². The summed E-state index contributed by atoms with van der Waals surface area (Å²) in [7, 11) is 0. The lowest BCUT2D eigenvalue weighted by atomic mass is 9.83. The van der Waals surface area contributed by atoms with E-state index in [-0.39, 0.29) is 35.8 Å². The third-order valence-electron chi connectivity index (χ3n) is 5.06. The van der Waals surface area contributed by atoms with Crippen molar-refractivity contribution in [3.8, 4) is 11.3 Å². The minimum absolute atomic E-state index is 0.0736. The Hall–Kier alpha value is -2.30. The van der Waals surface area contributed by atoms with E-state index in [0.29, 0.717) is 31.2 Å². The SMILES string of the molecule is O=C1CCC(C(=O)CC2c3c(F)cccc3-c3cncn32)CC1. The van der Waals surface area contributed by atoms with Crippen molar-refractivity contribution in [3.05, 3.63) is 42.1 Å². The highest BCUT2D eigenvalue weighted by molar-refractivity contribution is 5.87. The number of fused-ring (bicyclic) bond motifs is 3. The molecule has 0 spiro atoms. The molecule has 4 rings (SSSR count). The minimum Gasteiger partial charge on any atom is -0.322 e. The molecule has 2 aliphatic rings. The standard InChI is InChI=1S/C18H17FN2O2/c19-14-3-1-2-13-16-9-20-10-21(16)15(18(13)14)8-17(23)11-4-6-12(22)7-5-11/h1-3,9-11,15H,4-8H2. The summed E-state index contributed by atoms with van der Waals surface area (Å²) in [5.41, 5.74) is 2.26. The van der Waals surface area contributed by atoms with Gasteiger partial charge in [-0.25, -0.2) is 9.37 Å². The zero-order valence-corrected chi connectivity index (χ0v) is 12.7. The second-order valence-electron chi connectivity index (χ2n) is 6.39. The van der Waals surface area contributed by atoms with Gasteiger partial charge in [-0.1, -0.05) is 12.1 Å². The molecule has 1 aromatic carbocycles. The van der Waals surface area contributed by atoms with Crippen LogP contribution in [-0.2, 0) is 9.59 Å². The van der Waals surface area contributed by atoms with Gasteiger partial charge in [0.15, 0.2) is 0 Å². The van der Waals surface area contributed by atoms with E-state index < -0.39 is 0 Å². The molecule has 1 atom stereocenters. The molecule has 1 unspecified atom stereocenters. The molecule has 2 heterocycles. The largest absolute Gasteiger partial charge is 0.322 e. The van der Waals surface area contributed by atoms with E-state index in [9.17, 15) is 14.0 Å². The quantitative estimate of drug-likeness (QED) is 0.873. The third-order valence-corrected chi connectivity index (χ3v) is 5.06. The summed E-state index contributed by atoms with van der Waals surface area (Å²) in [4.78, 5) is 28.1. The summed E-state index contributed by atoms with van der Waals surface area (Å²) < 4.78 is 16.2. The number of imidazole rings is 1. The van der Waals surface area contributed by atoms with E-state index in [1.807, 2.05) is 10.6 Å². The smallest absolute Gasteiger partial charge is 0.138 e. The number of carbonyl (C=O) groups is 2. The Labute approximate surface area is 133 Å². The molecule has 5 heteroatoms. The van der Waals surface area contributed by atoms with E-state index in [1.165, 1.54) is 6.07 Å². The summed E-state index contributed by atoms with van der Waals surface area (Å²) in [5, 5.41) is 0. The first-order valence-electron chi connectivity index (χ1n) is 8.00. The van der Waals surface area contributed by atoms with Crippen LogP contribution in [0.15, 0.2) is 30.7 Å². The van der Waals surface area contributed by atoms with Gasteiger partial charge in [0, 0.05) is 36.3 Å². The Morgan fingerprint density at radius 2 is 2.09 bits per heavy atom. The van der Waals surface area contributed by atoms with Crippen LogP contribution in [-0.4, -0.2) is 21.1 Å². The molecule has 118 valence electrons. The molecule has 0 bridgehead atoms. The Balaban J connectivity index is 1.63. The molecule has 23 heavy (non-hydrogen) atoms. The molecule has 4 nitrogen and oxygen atoms in total. The molecular formula is C18H17FN2O2. The zero-order valence-electron chi connectivity index (χ0n) is 12.7. The van der Waals surface area contributed by atoms with Gasteiger partial charge in [0.05, 0.1) is 24.3 Å². The average molecular weight is 312 g/mol. The number of hydrogen-bond acceptors (Lipinski definition) is 3. The summed E-state index contributed by atoms with van der Waals surface area (Å²) in [6, 6.07) is 4.67. The number of aromatic nitrogens is 2. The molecule has 0 saturated heterocycles. The van der Waals surface area contributed by atoms with Crippen LogP contribution >= 0.6 is 0 Å². The van der Waals surface area contributed by atoms with E-state index in [4.69, 9.17) is 0 Å². The van der Waals surface area contributed by atoms with Crippen LogP contribution in [0.1, 0.15) is 43.7 Å². The second-order valence-corrected chi connectivity index (χ2v) is 6.39. The van der Waals surface area contributed by atoms with E-state index in [2.05, 4.69) is 4.98 Å². The fourth-order valence-corrected chi connectivity index (χ4v) is 3.82. The van der Waals surface area contributed by atoms with Crippen molar-refractivity contribution in [1.82, 2.24) is 9.55 Å². The Morgan fingerprint density at radius 1 is 1.30 bits per heavy atom. The van der Waals surface area contributed by atoms with Gasteiger partial charge in [-0.15, -0.1) is 0 Å². The number of benzene rings is 1. The van der Waals surface area contributed by atoms with Crippen molar-refractivity contribution < 1.29 is 14.0 Å². The molecule has 0 radical (unpaired) electrons. The number of carbonyl (C=O) groups excluding carboxylic acids is 2. The van der Waals surface area contributed by atoms with Crippen molar-refractivity contribution in [2.45, 2.75) is 38.1 Å². The molecule has 1 fully saturated rings. The molecule has 1 saturated carbocycles. The maximum atomic E-state index is 14.3. The predicted molar refractivity (Wildman–Crippen MR) is 82.3 cm³/mol. The lowest BCUT2D eigenvalue weighted by Crippen LogP contribution is -2.24. The summed E-state index contributed by atoms with van der Waals surface area (Å²) in [6.45, 7) is 0. The van der Waals surface area contributed by atoms with Gasteiger partial charge in [-0.3, -0.25) is 9.59 Å². The molecular weight excluding hydrogens is 295 g/mol. The van der Waals surface area contributed by atoms with Crippen LogP contribution in [0.2, 0.25) is 0 Å². The Bertz CT molecular complexity index is 786. The number of nitrogens with zero attached hydrogens (tertiary/aromatic N) is 2. The predicted octanol–water partition coefficient (Wildman–Crippen LogP) is 3.31. The van der Waals surface area contributed by atoms with Crippen LogP contribution in [0.25, 0.3) is 11.3 Å². The summed E-state index contributed by atoms with van der Waals surface area (Å²) in [6.07, 6.45) is 5.87. The lowest BCUT2D eigenvalue weighted by molar-refractivity contribution is -0.127. The first-order valence-corrected chi connectivity index (χ1v) is 8.00. The van der Waals surface area contributed by atoms with E-state index >= 15 is 0 Å². The average Bonchev–Trinajstić information content (AvgIpc) is 3.12. The van der Waals surface area contributed by atoms with Gasteiger partial charge in [0.1, 0.15) is 17.4 Å². The molecule has 1 aliphatic heterocycles. The Morgan fingerprint density at radius 3 is 2.87 bits per heavy atom. The van der Waals surface area contributed by atoms with Gasteiger partial charge >= 0.3 is 0 Å². The van der Waals surface area contributed by atoms with Crippen molar-refractivity contribution in [2.75, 3.05) is 0 Å². The fourth-order valence-electron chi connectivity index (χ4n) is 3.82. The van der Waals surface area contributed by atoms with Crippen molar-refractivity contribution in [1.29, 1.82) is 0 Å². The van der Waals surface area contributed by atoms with Crippen molar-refractivity contribution in [2.24, 2.45) is 5.92 Å². The Kier molecular flexibility index (Phi) is 3.36. The number of halogens is 1. The van der Waals surface area contributed by atoms with Gasteiger partial charge < -0.3 is 4.57 Å². The monoisotopic (exact) mass is 312 g/mol. The van der Waals surface area contributed by atoms with Crippen LogP contribution in [0, 0.1) is 11.7 Å². The highest BCUT2D eigenvalue weighted by atomic mass is 19.1. The molecule has 0 amide bonds. The maximum absolute atomic E-state index is 14.3. The molecule has 0 N–H and O–H groups in total. The second kappa shape index (κ2) is 5.41. The normalized spacial score (nSPS) is 20.4. The van der Waals surface area contributed by atoms with Gasteiger partial charge in [0.2, 0.25) is 0 Å². The zero-order chi connectivity index (χ0) is 16.0. The summed E-state index contributed by atoms with van der Waals surface area (Å²) >= 11 is 0. The highest BCUT2D eigenvalue weighted by Gasteiger charge is 2.34. The van der Waals surface area contributed by atoms with Gasteiger partial charge in [-0.05, 0) is 18.9 Å². The first kappa shape index (κ1) is 14.3. The van der Waals surface area contributed by atoms with Crippen LogP contribution in [0.4, 0.5) is 4.39 Å². The van der Waals surface area contributed by atoms with Crippen LogP contribution in [0.5, 0.6) is 0 Å². The number of ketones is 2. The highest BCUT2D eigenvalue weighted by Crippen LogP contribution is 2.43. The fraction of sp³-hybridized carbons (Fsp3) is 0.389. The minimum atomic E-state index is -0.325. The van der Waals surface area contributed by atoms with Crippen molar-refractivity contribution in [3.63, 3.8) is 0 Å². The number of hydrogen-bond donors (Lipinski definition) is 0. The van der Waals surface area contributed by atoms with Gasteiger partial charge in [0.25, 0.3) is 0 Å². The number of rotatable bonds is 3. The van der Waals surface area contributed by atoms with Crippen LogP contribution < -0.4 is 0 Å². The number of Topliss-reactive ketones (excluding diaryl/α,β-unsaturated/α-hetero) is 2. The topological polar surface area (TPSA) is 52.0 Å².